The second-order valence-electron chi connectivity index (χ2n) is 5.46. The van der Waals surface area contributed by atoms with E-state index in [2.05, 4.69) is 26.8 Å². The fourth-order valence-electron chi connectivity index (χ4n) is 2.90. The second-order valence-corrected chi connectivity index (χ2v) is 5.46. The third kappa shape index (κ3) is 2.95. The van der Waals surface area contributed by atoms with E-state index >= 15 is 0 Å². The molecule has 2 N–H and O–H groups in total. The summed E-state index contributed by atoms with van der Waals surface area (Å²) in [5, 5.41) is 0. The topological polar surface area (TPSA) is 77.2 Å². The van der Waals surface area contributed by atoms with Gasteiger partial charge in [0, 0.05) is 18.8 Å². The number of nitrogen functional groups attached to an aromatic ring is 1. The fourth-order valence-corrected chi connectivity index (χ4v) is 2.90. The Kier molecular flexibility index (Phi) is 4.37. The molecule has 6 nitrogen and oxygen atoms in total. The van der Waals surface area contributed by atoms with Gasteiger partial charge in [0.15, 0.2) is 5.82 Å². The number of hydrogen-bond donors (Lipinski definition) is 1. The van der Waals surface area contributed by atoms with Crippen molar-refractivity contribution < 1.29 is 4.74 Å². The molecule has 0 radical (unpaired) electrons. The molecule has 1 aliphatic rings. The predicted octanol–water partition coefficient (Wildman–Crippen LogP) is 3.02. The van der Waals surface area contributed by atoms with E-state index in [1.807, 2.05) is 12.1 Å². The number of pyridine rings is 1. The normalized spacial score (nSPS) is 18.2. The van der Waals surface area contributed by atoms with Gasteiger partial charge in [0.25, 0.3) is 0 Å². The van der Waals surface area contributed by atoms with Crippen LogP contribution < -0.4 is 15.4 Å². The number of nitrogens with two attached hydrogens (primary N) is 1. The van der Waals surface area contributed by atoms with Crippen molar-refractivity contribution in [2.24, 2.45) is 0 Å². The Hall–Kier alpha value is -2.37. The van der Waals surface area contributed by atoms with E-state index in [-0.39, 0.29) is 0 Å². The van der Waals surface area contributed by atoms with Crippen LogP contribution in [0.5, 0.6) is 11.6 Å². The minimum absolute atomic E-state index is 0.387. The summed E-state index contributed by atoms with van der Waals surface area (Å²) in [5.74, 6) is 1.78. The molecule has 1 aliphatic heterocycles. The van der Waals surface area contributed by atoms with Crippen molar-refractivity contribution in [1.82, 2.24) is 15.0 Å². The Morgan fingerprint density at radius 2 is 2.27 bits per heavy atom. The number of aromatic nitrogens is 3. The highest BCUT2D eigenvalue weighted by Crippen LogP contribution is 2.34. The van der Waals surface area contributed by atoms with Gasteiger partial charge < -0.3 is 15.4 Å². The monoisotopic (exact) mass is 299 g/mol. The third-order valence-electron chi connectivity index (χ3n) is 4.05. The van der Waals surface area contributed by atoms with Crippen LogP contribution in [0, 0.1) is 0 Å². The summed E-state index contributed by atoms with van der Waals surface area (Å²) < 4.78 is 5.74. The van der Waals surface area contributed by atoms with Gasteiger partial charge in [0.05, 0.1) is 6.20 Å². The lowest BCUT2D eigenvalue weighted by molar-refractivity contribution is 0.441. The van der Waals surface area contributed by atoms with E-state index in [1.165, 1.54) is 25.6 Å². The van der Waals surface area contributed by atoms with Gasteiger partial charge in [0.1, 0.15) is 17.8 Å². The van der Waals surface area contributed by atoms with Gasteiger partial charge in [-0.05, 0) is 37.8 Å². The highest BCUT2D eigenvalue weighted by Gasteiger charge is 2.25. The molecule has 1 atom stereocenters. The number of rotatable bonds is 4. The summed E-state index contributed by atoms with van der Waals surface area (Å²) in [6.45, 7) is 3.18. The SMILES string of the molecule is CCC1CCCCN1c1ncnc(Oc2cccnc2)c1N. The fraction of sp³-hybridized carbons (Fsp3) is 0.438. The summed E-state index contributed by atoms with van der Waals surface area (Å²) >= 11 is 0. The molecule has 2 aromatic heterocycles. The number of piperidine rings is 1. The van der Waals surface area contributed by atoms with Crippen LogP contribution in [0.2, 0.25) is 0 Å². The Morgan fingerprint density at radius 3 is 3.05 bits per heavy atom. The van der Waals surface area contributed by atoms with Crippen LogP contribution in [0.15, 0.2) is 30.9 Å². The number of nitrogens with zero attached hydrogens (tertiary/aromatic N) is 4. The molecular weight excluding hydrogens is 278 g/mol. The van der Waals surface area contributed by atoms with E-state index in [1.54, 1.807) is 12.4 Å². The molecule has 0 aliphatic carbocycles. The van der Waals surface area contributed by atoms with Gasteiger partial charge in [-0.2, -0.15) is 4.98 Å². The molecule has 1 saturated heterocycles. The molecular formula is C16H21N5O. The first kappa shape index (κ1) is 14.6. The molecule has 3 heterocycles. The molecule has 0 amide bonds. The first-order chi connectivity index (χ1) is 10.8. The van der Waals surface area contributed by atoms with Gasteiger partial charge in [-0.15, -0.1) is 0 Å². The molecule has 0 aromatic carbocycles. The second kappa shape index (κ2) is 6.60. The molecule has 0 spiro atoms. The van der Waals surface area contributed by atoms with E-state index in [0.29, 0.717) is 23.4 Å². The van der Waals surface area contributed by atoms with Crippen molar-refractivity contribution in [1.29, 1.82) is 0 Å². The number of anilines is 2. The summed E-state index contributed by atoms with van der Waals surface area (Å²) in [7, 11) is 0. The average Bonchev–Trinajstić information content (AvgIpc) is 2.58. The third-order valence-corrected chi connectivity index (χ3v) is 4.05. The quantitative estimate of drug-likeness (QED) is 0.935. The smallest absolute Gasteiger partial charge is 0.248 e. The maximum absolute atomic E-state index is 6.27. The zero-order valence-corrected chi connectivity index (χ0v) is 12.8. The van der Waals surface area contributed by atoms with Crippen molar-refractivity contribution in [3.05, 3.63) is 30.9 Å². The van der Waals surface area contributed by atoms with Crippen LogP contribution in [0.3, 0.4) is 0 Å². The number of ether oxygens (including phenoxy) is 1. The van der Waals surface area contributed by atoms with Crippen molar-refractivity contribution in [2.45, 2.75) is 38.6 Å². The van der Waals surface area contributed by atoms with Gasteiger partial charge in [-0.25, -0.2) is 4.98 Å². The van der Waals surface area contributed by atoms with Crippen molar-refractivity contribution in [3.63, 3.8) is 0 Å². The summed E-state index contributed by atoms with van der Waals surface area (Å²) in [4.78, 5) is 14.9. The Morgan fingerprint density at radius 1 is 1.36 bits per heavy atom. The van der Waals surface area contributed by atoms with Crippen LogP contribution in [0.25, 0.3) is 0 Å². The first-order valence-corrected chi connectivity index (χ1v) is 7.74. The van der Waals surface area contributed by atoms with Gasteiger partial charge in [0.2, 0.25) is 5.88 Å². The minimum Gasteiger partial charge on any atom is -0.435 e. The van der Waals surface area contributed by atoms with E-state index in [9.17, 15) is 0 Å². The van der Waals surface area contributed by atoms with Gasteiger partial charge in [-0.1, -0.05) is 6.92 Å². The maximum Gasteiger partial charge on any atom is 0.248 e. The molecule has 6 heteroatoms. The van der Waals surface area contributed by atoms with E-state index in [0.717, 1.165) is 18.8 Å². The largest absolute Gasteiger partial charge is 0.435 e. The van der Waals surface area contributed by atoms with Crippen LogP contribution in [0.1, 0.15) is 32.6 Å². The van der Waals surface area contributed by atoms with Gasteiger partial charge in [-0.3, -0.25) is 4.98 Å². The summed E-state index contributed by atoms with van der Waals surface area (Å²) in [6.07, 6.45) is 9.54. The molecule has 3 rings (SSSR count). The Labute approximate surface area is 130 Å². The molecule has 116 valence electrons. The molecule has 0 saturated carbocycles. The highest BCUT2D eigenvalue weighted by molar-refractivity contribution is 5.68. The summed E-state index contributed by atoms with van der Waals surface area (Å²) in [6, 6.07) is 4.12. The lowest BCUT2D eigenvalue weighted by Crippen LogP contribution is -2.40. The summed E-state index contributed by atoms with van der Waals surface area (Å²) in [5.41, 5.74) is 6.76. The number of hydrogen-bond acceptors (Lipinski definition) is 6. The average molecular weight is 299 g/mol. The van der Waals surface area contributed by atoms with Crippen molar-refractivity contribution >= 4 is 11.5 Å². The first-order valence-electron chi connectivity index (χ1n) is 7.74. The minimum atomic E-state index is 0.387. The van der Waals surface area contributed by atoms with Crippen LogP contribution in [0.4, 0.5) is 11.5 Å². The maximum atomic E-state index is 6.27. The van der Waals surface area contributed by atoms with Crippen LogP contribution >= 0.6 is 0 Å². The molecule has 0 bridgehead atoms. The van der Waals surface area contributed by atoms with E-state index in [4.69, 9.17) is 10.5 Å². The van der Waals surface area contributed by atoms with Crippen LogP contribution in [-0.4, -0.2) is 27.5 Å². The van der Waals surface area contributed by atoms with Crippen molar-refractivity contribution in [2.75, 3.05) is 17.2 Å². The lowest BCUT2D eigenvalue weighted by Gasteiger charge is -2.36. The molecule has 1 fully saturated rings. The predicted molar refractivity (Wildman–Crippen MR) is 86.0 cm³/mol. The van der Waals surface area contributed by atoms with Crippen molar-refractivity contribution in [3.8, 4) is 11.6 Å². The molecule has 1 unspecified atom stereocenters. The zero-order valence-electron chi connectivity index (χ0n) is 12.8. The lowest BCUT2D eigenvalue weighted by atomic mass is 10.00. The van der Waals surface area contributed by atoms with Crippen LogP contribution in [-0.2, 0) is 0 Å². The standard InChI is InChI=1S/C16H21N5O/c1-2-12-6-3-4-9-21(12)15-14(17)16(20-11-19-15)22-13-7-5-8-18-10-13/h5,7-8,10-12H,2-4,6,9,17H2,1H3. The van der Waals surface area contributed by atoms with E-state index < -0.39 is 0 Å². The highest BCUT2D eigenvalue weighted by atomic mass is 16.5. The molecule has 22 heavy (non-hydrogen) atoms. The van der Waals surface area contributed by atoms with Gasteiger partial charge >= 0.3 is 0 Å². The zero-order chi connectivity index (χ0) is 15.4. The Bertz CT molecular complexity index is 619. The molecule has 2 aromatic rings. The Balaban J connectivity index is 1.88.